The molecule has 0 radical (unpaired) electrons. The summed E-state index contributed by atoms with van der Waals surface area (Å²) in [6, 6.07) is 22.2. The van der Waals surface area contributed by atoms with Crippen LogP contribution in [0.2, 0.25) is 0 Å². The summed E-state index contributed by atoms with van der Waals surface area (Å²) < 4.78 is 0. The molecule has 1 aliphatic rings. The number of aromatic amines is 1. The highest BCUT2D eigenvalue weighted by Crippen LogP contribution is 2.34. The number of aromatic nitrogens is 1. The number of nitrogens with two attached hydrogens (primary N) is 1. The van der Waals surface area contributed by atoms with Crippen LogP contribution in [0.25, 0.3) is 10.9 Å². The lowest BCUT2D eigenvalue weighted by atomic mass is 9.86. The predicted octanol–water partition coefficient (Wildman–Crippen LogP) is 5.53. The van der Waals surface area contributed by atoms with Gasteiger partial charge in [-0.05, 0) is 78.2 Å². The highest BCUT2D eigenvalue weighted by Gasteiger charge is 2.21. The third kappa shape index (κ3) is 3.53. The van der Waals surface area contributed by atoms with Gasteiger partial charge in [0.25, 0.3) is 0 Å². The molecule has 5 nitrogen and oxygen atoms in total. The Morgan fingerprint density at radius 3 is 2.87 bits per heavy atom. The van der Waals surface area contributed by atoms with Crippen LogP contribution in [0.4, 0.5) is 11.4 Å². The molecule has 1 aliphatic carbocycles. The Kier molecular flexibility index (Phi) is 4.68. The summed E-state index contributed by atoms with van der Waals surface area (Å²) in [4.78, 5) is 3.20. The molecule has 1 unspecified atom stereocenters. The van der Waals surface area contributed by atoms with Gasteiger partial charge >= 0.3 is 0 Å². The zero-order valence-corrected chi connectivity index (χ0v) is 17.1. The molecule has 152 valence electrons. The number of benzene rings is 3. The van der Waals surface area contributed by atoms with Crippen LogP contribution in [0.3, 0.4) is 0 Å². The van der Waals surface area contributed by atoms with Gasteiger partial charge in [-0.2, -0.15) is 5.26 Å². The Hall–Kier alpha value is -4.04. The molecule has 1 heterocycles. The maximum atomic E-state index is 9.19. The van der Waals surface area contributed by atoms with Crippen molar-refractivity contribution in [3.63, 3.8) is 0 Å². The van der Waals surface area contributed by atoms with Crippen molar-refractivity contribution >= 4 is 28.0 Å². The minimum atomic E-state index is 0.178. The number of nitrogens with one attached hydrogen (secondary N) is 3. The standard InChI is InChI=1S/C26H23N5/c27-15-16-4-8-21-18(12-16)2-1-3-24(21)31-20-7-9-23(28)22(14-20)26(29)19-6-5-17-10-11-30-25(17)13-19/h4-14,24,29-31H,1-3,28H2. The molecule has 0 aliphatic heterocycles. The van der Waals surface area contributed by atoms with E-state index in [-0.39, 0.29) is 6.04 Å². The van der Waals surface area contributed by atoms with Crippen molar-refractivity contribution < 1.29 is 0 Å². The van der Waals surface area contributed by atoms with Crippen molar-refractivity contribution in [3.05, 3.63) is 94.7 Å². The fourth-order valence-electron chi connectivity index (χ4n) is 4.46. The van der Waals surface area contributed by atoms with Gasteiger partial charge in [-0.25, -0.2) is 0 Å². The topological polar surface area (TPSA) is 101 Å². The van der Waals surface area contributed by atoms with Gasteiger partial charge in [0.15, 0.2) is 0 Å². The first-order valence-electron chi connectivity index (χ1n) is 10.5. The first kappa shape index (κ1) is 19.0. The van der Waals surface area contributed by atoms with Gasteiger partial charge in [-0.1, -0.05) is 18.2 Å². The average molecular weight is 406 g/mol. The van der Waals surface area contributed by atoms with Crippen LogP contribution in [0.5, 0.6) is 0 Å². The molecule has 4 aromatic rings. The zero-order chi connectivity index (χ0) is 21.4. The van der Waals surface area contributed by atoms with E-state index in [0.29, 0.717) is 22.5 Å². The van der Waals surface area contributed by atoms with E-state index < -0.39 is 0 Å². The first-order chi connectivity index (χ1) is 15.1. The lowest BCUT2D eigenvalue weighted by Gasteiger charge is -2.27. The fraction of sp³-hybridized carbons (Fsp3) is 0.154. The quantitative estimate of drug-likeness (QED) is 0.265. The van der Waals surface area contributed by atoms with Crippen LogP contribution < -0.4 is 11.1 Å². The lowest BCUT2D eigenvalue weighted by Crippen LogP contribution is -2.18. The van der Waals surface area contributed by atoms with Gasteiger partial charge < -0.3 is 16.0 Å². The van der Waals surface area contributed by atoms with Crippen LogP contribution >= 0.6 is 0 Å². The molecular weight excluding hydrogens is 382 g/mol. The Balaban J connectivity index is 1.44. The maximum absolute atomic E-state index is 9.19. The van der Waals surface area contributed by atoms with Crippen LogP contribution in [0.15, 0.2) is 66.9 Å². The van der Waals surface area contributed by atoms with Gasteiger partial charge in [0.1, 0.15) is 0 Å². The zero-order valence-electron chi connectivity index (χ0n) is 17.1. The molecule has 0 amide bonds. The minimum Gasteiger partial charge on any atom is -0.398 e. The average Bonchev–Trinajstić information content (AvgIpc) is 3.27. The molecule has 5 rings (SSSR count). The largest absolute Gasteiger partial charge is 0.398 e. The number of H-pyrrole nitrogens is 1. The third-order valence-corrected chi connectivity index (χ3v) is 6.09. The second-order valence-corrected chi connectivity index (χ2v) is 8.07. The molecule has 31 heavy (non-hydrogen) atoms. The number of nitrogens with zero attached hydrogens (tertiary/aromatic N) is 1. The SMILES string of the molecule is N#Cc1ccc2c(c1)CCCC2Nc1ccc(N)c(C(=N)c2ccc3cc[nH]c3c2)c1. The number of hydrogen-bond acceptors (Lipinski definition) is 4. The van der Waals surface area contributed by atoms with Gasteiger partial charge in [0, 0.05) is 34.2 Å². The molecule has 3 aromatic carbocycles. The smallest absolute Gasteiger partial charge is 0.0991 e. The number of fused-ring (bicyclic) bond motifs is 2. The number of rotatable bonds is 4. The van der Waals surface area contributed by atoms with Crippen molar-refractivity contribution in [1.82, 2.24) is 4.98 Å². The van der Waals surface area contributed by atoms with Crippen LogP contribution in [-0.4, -0.2) is 10.7 Å². The van der Waals surface area contributed by atoms with Gasteiger partial charge in [0.05, 0.1) is 23.4 Å². The van der Waals surface area contributed by atoms with E-state index in [9.17, 15) is 5.26 Å². The monoisotopic (exact) mass is 405 g/mol. The molecule has 1 aromatic heterocycles. The molecule has 0 saturated heterocycles. The van der Waals surface area contributed by atoms with E-state index in [2.05, 4.69) is 22.4 Å². The van der Waals surface area contributed by atoms with E-state index in [1.165, 1.54) is 11.1 Å². The van der Waals surface area contributed by atoms with Crippen LogP contribution in [0.1, 0.15) is 46.7 Å². The maximum Gasteiger partial charge on any atom is 0.0991 e. The number of aryl methyl sites for hydroxylation is 1. The summed E-state index contributed by atoms with van der Waals surface area (Å²) in [5.74, 6) is 0. The molecule has 5 heteroatoms. The van der Waals surface area contributed by atoms with E-state index in [4.69, 9.17) is 11.1 Å². The second kappa shape index (κ2) is 7.66. The molecule has 0 fully saturated rings. The Bertz CT molecular complexity index is 1340. The van der Waals surface area contributed by atoms with E-state index in [1.807, 2.05) is 60.8 Å². The van der Waals surface area contributed by atoms with Crippen molar-refractivity contribution in [2.45, 2.75) is 25.3 Å². The summed E-state index contributed by atoms with van der Waals surface area (Å²) in [7, 11) is 0. The summed E-state index contributed by atoms with van der Waals surface area (Å²) in [5, 5.41) is 22.7. The summed E-state index contributed by atoms with van der Waals surface area (Å²) in [5.41, 5.74) is 13.9. The molecule has 0 bridgehead atoms. The first-order valence-corrected chi connectivity index (χ1v) is 10.5. The van der Waals surface area contributed by atoms with Crippen molar-refractivity contribution in [1.29, 1.82) is 10.7 Å². The predicted molar refractivity (Wildman–Crippen MR) is 126 cm³/mol. The molecule has 0 spiro atoms. The molecular formula is C26H23N5. The van der Waals surface area contributed by atoms with Crippen LogP contribution in [0, 0.1) is 16.7 Å². The second-order valence-electron chi connectivity index (χ2n) is 8.07. The van der Waals surface area contributed by atoms with Crippen molar-refractivity contribution in [3.8, 4) is 6.07 Å². The summed E-state index contributed by atoms with van der Waals surface area (Å²) in [6.07, 6.45) is 5.01. The Morgan fingerprint density at radius 1 is 1.10 bits per heavy atom. The lowest BCUT2D eigenvalue weighted by molar-refractivity contribution is 0.600. The van der Waals surface area contributed by atoms with E-state index in [0.717, 1.165) is 41.4 Å². The summed E-state index contributed by atoms with van der Waals surface area (Å²) in [6.45, 7) is 0. The number of nitrogen functional groups attached to an aromatic ring is 1. The minimum absolute atomic E-state index is 0.178. The summed E-state index contributed by atoms with van der Waals surface area (Å²) >= 11 is 0. The van der Waals surface area contributed by atoms with Gasteiger partial charge in [0.2, 0.25) is 0 Å². The van der Waals surface area contributed by atoms with Gasteiger partial charge in [-0.15, -0.1) is 0 Å². The molecule has 1 atom stereocenters. The number of anilines is 2. The fourth-order valence-corrected chi connectivity index (χ4v) is 4.46. The van der Waals surface area contributed by atoms with Crippen molar-refractivity contribution in [2.24, 2.45) is 0 Å². The Labute approximate surface area is 181 Å². The highest BCUT2D eigenvalue weighted by atomic mass is 14.9. The molecule has 5 N–H and O–H groups in total. The van der Waals surface area contributed by atoms with Gasteiger partial charge in [-0.3, -0.25) is 5.41 Å². The van der Waals surface area contributed by atoms with E-state index in [1.54, 1.807) is 0 Å². The Morgan fingerprint density at radius 2 is 2.00 bits per heavy atom. The van der Waals surface area contributed by atoms with Crippen LogP contribution in [-0.2, 0) is 6.42 Å². The number of hydrogen-bond donors (Lipinski definition) is 4. The normalized spacial score (nSPS) is 15.3. The highest BCUT2D eigenvalue weighted by molar-refractivity contribution is 6.15. The van der Waals surface area contributed by atoms with Crippen molar-refractivity contribution in [2.75, 3.05) is 11.1 Å². The third-order valence-electron chi connectivity index (χ3n) is 6.09. The molecule has 0 saturated carbocycles. The number of nitriles is 1. The van der Waals surface area contributed by atoms with E-state index >= 15 is 0 Å².